The summed E-state index contributed by atoms with van der Waals surface area (Å²) in [5, 5.41) is 17.7. The maximum Gasteiger partial charge on any atom is 0.345 e. The van der Waals surface area contributed by atoms with Crippen LogP contribution in [0.4, 0.5) is 0 Å². The lowest BCUT2D eigenvalue weighted by atomic mass is 10.2. The number of aromatic carboxylic acids is 1. The maximum atomic E-state index is 10.8. The van der Waals surface area contributed by atoms with Gasteiger partial charge in [0.2, 0.25) is 0 Å². The molecular weight excluding hydrogens is 278 g/mol. The summed E-state index contributed by atoms with van der Waals surface area (Å²) in [7, 11) is 1.50. The van der Waals surface area contributed by atoms with Gasteiger partial charge in [-0.2, -0.15) is 5.26 Å². The standard InChI is InChI=1S/C14H11NO4S/c1-18-12-6-9(7-15)2-4-11(12)19-8-10-3-5-13(20-10)14(16)17/h2-6H,8H2,1H3,(H,16,17). The van der Waals surface area contributed by atoms with Gasteiger partial charge in [-0.25, -0.2) is 4.79 Å². The van der Waals surface area contributed by atoms with Gasteiger partial charge in [0.05, 0.1) is 18.7 Å². The summed E-state index contributed by atoms with van der Waals surface area (Å²) in [4.78, 5) is 11.9. The summed E-state index contributed by atoms with van der Waals surface area (Å²) < 4.78 is 10.7. The fourth-order valence-electron chi connectivity index (χ4n) is 1.58. The van der Waals surface area contributed by atoms with Gasteiger partial charge in [-0.15, -0.1) is 11.3 Å². The zero-order chi connectivity index (χ0) is 14.5. The summed E-state index contributed by atoms with van der Waals surface area (Å²) in [6, 6.07) is 10.2. The van der Waals surface area contributed by atoms with E-state index in [1.54, 1.807) is 30.3 Å². The van der Waals surface area contributed by atoms with E-state index in [9.17, 15) is 4.79 Å². The van der Waals surface area contributed by atoms with E-state index in [0.29, 0.717) is 17.1 Å². The number of benzene rings is 1. The smallest absolute Gasteiger partial charge is 0.345 e. The van der Waals surface area contributed by atoms with Gasteiger partial charge >= 0.3 is 5.97 Å². The third kappa shape index (κ3) is 3.08. The Bertz CT molecular complexity index is 672. The first-order valence-corrected chi connectivity index (χ1v) is 6.48. The molecule has 1 N–H and O–H groups in total. The molecule has 0 amide bonds. The lowest BCUT2D eigenvalue weighted by Crippen LogP contribution is -1.96. The van der Waals surface area contributed by atoms with E-state index >= 15 is 0 Å². The molecule has 102 valence electrons. The number of carboxylic acids is 1. The second-order valence-corrected chi connectivity index (χ2v) is 5.01. The van der Waals surface area contributed by atoms with Crippen molar-refractivity contribution in [1.82, 2.24) is 0 Å². The van der Waals surface area contributed by atoms with Gasteiger partial charge in [0, 0.05) is 10.9 Å². The molecule has 2 rings (SSSR count). The van der Waals surface area contributed by atoms with Crippen molar-refractivity contribution in [1.29, 1.82) is 5.26 Å². The maximum absolute atomic E-state index is 10.8. The Balaban J connectivity index is 2.10. The van der Waals surface area contributed by atoms with Gasteiger partial charge in [0.15, 0.2) is 11.5 Å². The van der Waals surface area contributed by atoms with Crippen LogP contribution in [0.5, 0.6) is 11.5 Å². The first-order valence-electron chi connectivity index (χ1n) is 5.67. The van der Waals surface area contributed by atoms with Crippen molar-refractivity contribution < 1.29 is 19.4 Å². The molecule has 1 aromatic carbocycles. The van der Waals surface area contributed by atoms with Gasteiger partial charge in [0.25, 0.3) is 0 Å². The Morgan fingerprint density at radius 3 is 2.75 bits per heavy atom. The highest BCUT2D eigenvalue weighted by Gasteiger charge is 2.09. The van der Waals surface area contributed by atoms with Crippen LogP contribution >= 0.6 is 11.3 Å². The van der Waals surface area contributed by atoms with Crippen molar-refractivity contribution in [2.45, 2.75) is 6.61 Å². The quantitative estimate of drug-likeness (QED) is 0.915. The van der Waals surface area contributed by atoms with Crippen LogP contribution in [0.1, 0.15) is 20.1 Å². The second-order valence-electron chi connectivity index (χ2n) is 3.84. The normalized spacial score (nSPS) is 9.80. The third-order valence-corrected chi connectivity index (χ3v) is 3.58. The number of carbonyl (C=O) groups is 1. The topological polar surface area (TPSA) is 79.5 Å². The van der Waals surface area contributed by atoms with Crippen molar-refractivity contribution in [3.05, 3.63) is 45.6 Å². The van der Waals surface area contributed by atoms with Crippen LogP contribution in [-0.2, 0) is 6.61 Å². The molecule has 0 radical (unpaired) electrons. The molecule has 0 aliphatic heterocycles. The minimum absolute atomic E-state index is 0.250. The molecule has 0 unspecified atom stereocenters. The van der Waals surface area contributed by atoms with E-state index in [2.05, 4.69) is 0 Å². The van der Waals surface area contributed by atoms with Crippen LogP contribution < -0.4 is 9.47 Å². The molecule has 0 aliphatic carbocycles. The predicted octanol–water partition coefficient (Wildman–Crippen LogP) is 2.91. The zero-order valence-corrected chi connectivity index (χ0v) is 11.4. The first kappa shape index (κ1) is 13.9. The van der Waals surface area contributed by atoms with Crippen molar-refractivity contribution in [3.63, 3.8) is 0 Å². The summed E-state index contributed by atoms with van der Waals surface area (Å²) in [6.07, 6.45) is 0. The van der Waals surface area contributed by atoms with Crippen LogP contribution in [0, 0.1) is 11.3 Å². The number of methoxy groups -OCH3 is 1. The van der Waals surface area contributed by atoms with Crippen LogP contribution in [0.25, 0.3) is 0 Å². The lowest BCUT2D eigenvalue weighted by Gasteiger charge is -2.09. The van der Waals surface area contributed by atoms with Gasteiger partial charge in [0.1, 0.15) is 11.5 Å². The summed E-state index contributed by atoms with van der Waals surface area (Å²) in [5.41, 5.74) is 0.485. The minimum atomic E-state index is -0.947. The molecule has 0 aliphatic rings. The zero-order valence-electron chi connectivity index (χ0n) is 10.6. The fraction of sp³-hybridized carbons (Fsp3) is 0.143. The van der Waals surface area contributed by atoms with E-state index in [1.165, 1.54) is 7.11 Å². The molecule has 6 heteroatoms. The molecule has 5 nitrogen and oxygen atoms in total. The summed E-state index contributed by atoms with van der Waals surface area (Å²) in [6.45, 7) is 0.250. The van der Waals surface area contributed by atoms with Crippen LogP contribution in [0.3, 0.4) is 0 Å². The Hall–Kier alpha value is -2.52. The van der Waals surface area contributed by atoms with E-state index in [4.69, 9.17) is 19.8 Å². The van der Waals surface area contributed by atoms with Crippen LogP contribution in [0.15, 0.2) is 30.3 Å². The molecule has 0 saturated carbocycles. The predicted molar refractivity (Wildman–Crippen MR) is 73.3 cm³/mol. The number of hydrogen-bond donors (Lipinski definition) is 1. The van der Waals surface area contributed by atoms with Crippen molar-refractivity contribution in [3.8, 4) is 17.6 Å². The Morgan fingerprint density at radius 2 is 2.15 bits per heavy atom. The van der Waals surface area contributed by atoms with Gasteiger partial charge < -0.3 is 14.6 Å². The SMILES string of the molecule is COc1cc(C#N)ccc1OCc1ccc(C(=O)O)s1. The van der Waals surface area contributed by atoms with E-state index in [-0.39, 0.29) is 11.5 Å². The molecule has 2 aromatic rings. The monoisotopic (exact) mass is 289 g/mol. The van der Waals surface area contributed by atoms with Crippen molar-refractivity contribution in [2.75, 3.05) is 7.11 Å². The molecule has 0 atom stereocenters. The van der Waals surface area contributed by atoms with Gasteiger partial charge in [-0.1, -0.05) is 0 Å². The van der Waals surface area contributed by atoms with Crippen molar-refractivity contribution in [2.24, 2.45) is 0 Å². The summed E-state index contributed by atoms with van der Waals surface area (Å²) in [5.74, 6) is 0.0352. The third-order valence-electron chi connectivity index (χ3n) is 2.54. The molecule has 1 aromatic heterocycles. The highest BCUT2D eigenvalue weighted by molar-refractivity contribution is 7.13. The Kier molecular flexibility index (Phi) is 4.23. The summed E-state index contributed by atoms with van der Waals surface area (Å²) >= 11 is 1.16. The molecule has 0 spiro atoms. The Morgan fingerprint density at radius 1 is 1.35 bits per heavy atom. The molecule has 0 bridgehead atoms. The van der Waals surface area contributed by atoms with Crippen LogP contribution in [0.2, 0.25) is 0 Å². The highest BCUT2D eigenvalue weighted by Crippen LogP contribution is 2.29. The van der Waals surface area contributed by atoms with Crippen molar-refractivity contribution >= 4 is 17.3 Å². The number of carboxylic acid groups (broad SMARTS) is 1. The lowest BCUT2D eigenvalue weighted by molar-refractivity contribution is 0.0702. The number of nitriles is 1. The van der Waals surface area contributed by atoms with Gasteiger partial charge in [-0.3, -0.25) is 0 Å². The number of rotatable bonds is 5. The second kappa shape index (κ2) is 6.08. The average molecular weight is 289 g/mol. The number of hydrogen-bond acceptors (Lipinski definition) is 5. The first-order chi connectivity index (χ1) is 9.63. The molecule has 1 heterocycles. The fourth-order valence-corrected chi connectivity index (χ4v) is 2.34. The molecule has 0 fully saturated rings. The number of thiophene rings is 1. The molecular formula is C14H11NO4S. The van der Waals surface area contributed by atoms with E-state index in [0.717, 1.165) is 16.2 Å². The molecule has 0 saturated heterocycles. The number of ether oxygens (including phenoxy) is 2. The van der Waals surface area contributed by atoms with E-state index in [1.807, 2.05) is 6.07 Å². The minimum Gasteiger partial charge on any atom is -0.493 e. The van der Waals surface area contributed by atoms with Crippen LogP contribution in [-0.4, -0.2) is 18.2 Å². The van der Waals surface area contributed by atoms with E-state index < -0.39 is 5.97 Å². The largest absolute Gasteiger partial charge is 0.493 e. The van der Waals surface area contributed by atoms with Gasteiger partial charge in [-0.05, 0) is 24.3 Å². The average Bonchev–Trinajstić information content (AvgIpc) is 2.94. The Labute approximate surface area is 119 Å². The highest BCUT2D eigenvalue weighted by atomic mass is 32.1. The number of nitrogens with zero attached hydrogens (tertiary/aromatic N) is 1. The molecule has 20 heavy (non-hydrogen) atoms.